The Morgan fingerprint density at radius 3 is 2.24 bits per heavy atom. The molecule has 0 aliphatic carbocycles. The molecular formula is C12H28O5. The first-order chi connectivity index (χ1) is 8.18. The van der Waals surface area contributed by atoms with Crippen LogP contribution in [0.25, 0.3) is 0 Å². The van der Waals surface area contributed by atoms with Gasteiger partial charge < -0.3 is 24.4 Å². The molecule has 0 aliphatic heterocycles. The van der Waals surface area contributed by atoms with Gasteiger partial charge in [-0.15, -0.1) is 0 Å². The van der Waals surface area contributed by atoms with Crippen LogP contribution in [0.2, 0.25) is 0 Å². The third-order valence-corrected chi connectivity index (χ3v) is 1.67. The molecule has 0 fully saturated rings. The summed E-state index contributed by atoms with van der Waals surface area (Å²) in [6, 6.07) is 0. The molecule has 0 amide bonds. The number of aliphatic hydroxyl groups is 2. The molecule has 2 N–H and O–H groups in total. The standard InChI is InChI=1S/C7H16O2.C5H12O3/c1-3-4-5-9-6-7(2)8;1-7-4-5-8-3-2-6/h7-8H,3-6H2,1-2H3;6H,2-5H2,1H3. The molecule has 0 aromatic rings. The van der Waals surface area contributed by atoms with Crippen LogP contribution in [-0.2, 0) is 14.2 Å². The number of hydrogen-bond donors (Lipinski definition) is 2. The molecule has 0 saturated carbocycles. The van der Waals surface area contributed by atoms with Crippen LogP contribution in [0.3, 0.4) is 0 Å². The van der Waals surface area contributed by atoms with Crippen LogP contribution >= 0.6 is 0 Å². The van der Waals surface area contributed by atoms with Crippen molar-refractivity contribution in [1.82, 2.24) is 0 Å². The minimum absolute atomic E-state index is 0.0870. The summed E-state index contributed by atoms with van der Waals surface area (Å²) in [5.74, 6) is 0. The van der Waals surface area contributed by atoms with Crippen LogP contribution < -0.4 is 0 Å². The van der Waals surface area contributed by atoms with Crippen LogP contribution in [0, 0.1) is 0 Å². The number of ether oxygens (including phenoxy) is 3. The Hall–Kier alpha value is -0.200. The van der Waals surface area contributed by atoms with E-state index in [1.807, 2.05) is 0 Å². The molecule has 5 heteroatoms. The zero-order valence-electron chi connectivity index (χ0n) is 11.4. The van der Waals surface area contributed by atoms with Gasteiger partial charge in [0.2, 0.25) is 0 Å². The van der Waals surface area contributed by atoms with E-state index in [1.54, 1.807) is 14.0 Å². The van der Waals surface area contributed by atoms with Gasteiger partial charge in [-0.25, -0.2) is 0 Å². The molecule has 106 valence electrons. The minimum atomic E-state index is -0.318. The maximum absolute atomic E-state index is 8.73. The van der Waals surface area contributed by atoms with Gasteiger partial charge in [-0.05, 0) is 13.3 Å². The van der Waals surface area contributed by atoms with Gasteiger partial charge in [0.05, 0.1) is 39.1 Å². The lowest BCUT2D eigenvalue weighted by Gasteiger charge is -2.03. The van der Waals surface area contributed by atoms with Crippen molar-refractivity contribution >= 4 is 0 Å². The van der Waals surface area contributed by atoms with Gasteiger partial charge in [0.25, 0.3) is 0 Å². The minimum Gasteiger partial charge on any atom is -0.394 e. The quantitative estimate of drug-likeness (QED) is 0.564. The number of rotatable bonds is 10. The fraction of sp³-hybridized carbons (Fsp3) is 1.00. The molecular weight excluding hydrogens is 224 g/mol. The lowest BCUT2D eigenvalue weighted by molar-refractivity contribution is 0.0450. The highest BCUT2D eigenvalue weighted by atomic mass is 16.5. The van der Waals surface area contributed by atoms with Crippen molar-refractivity contribution in [1.29, 1.82) is 0 Å². The molecule has 0 rings (SSSR count). The molecule has 0 aromatic heterocycles. The van der Waals surface area contributed by atoms with Gasteiger partial charge >= 0.3 is 0 Å². The van der Waals surface area contributed by atoms with E-state index in [0.717, 1.165) is 19.4 Å². The van der Waals surface area contributed by atoms with Crippen LogP contribution in [0.5, 0.6) is 0 Å². The summed E-state index contributed by atoms with van der Waals surface area (Å²) in [5.41, 5.74) is 0. The number of aliphatic hydroxyl groups excluding tert-OH is 2. The summed E-state index contributed by atoms with van der Waals surface area (Å²) >= 11 is 0. The lowest BCUT2D eigenvalue weighted by atomic mass is 10.4. The van der Waals surface area contributed by atoms with E-state index < -0.39 is 0 Å². The Labute approximate surface area is 105 Å². The second kappa shape index (κ2) is 18.2. The molecule has 5 nitrogen and oxygen atoms in total. The Morgan fingerprint density at radius 2 is 1.76 bits per heavy atom. The molecule has 0 spiro atoms. The number of unbranched alkanes of at least 4 members (excludes halogenated alkanes) is 1. The maximum Gasteiger partial charge on any atom is 0.0745 e. The number of methoxy groups -OCH3 is 1. The Morgan fingerprint density at radius 1 is 1.06 bits per heavy atom. The summed E-state index contributed by atoms with van der Waals surface area (Å²) in [6.07, 6.45) is 1.92. The highest BCUT2D eigenvalue weighted by molar-refractivity contribution is 4.40. The monoisotopic (exact) mass is 252 g/mol. The van der Waals surface area contributed by atoms with Crippen molar-refractivity contribution in [2.75, 3.05) is 46.8 Å². The third kappa shape index (κ3) is 25.8. The summed E-state index contributed by atoms with van der Waals surface area (Å²) in [4.78, 5) is 0. The van der Waals surface area contributed by atoms with E-state index in [2.05, 4.69) is 11.7 Å². The van der Waals surface area contributed by atoms with Crippen LogP contribution in [0.15, 0.2) is 0 Å². The predicted octanol–water partition coefficient (Wildman–Crippen LogP) is 0.826. The van der Waals surface area contributed by atoms with Gasteiger partial charge in [-0.1, -0.05) is 13.3 Å². The van der Waals surface area contributed by atoms with Crippen molar-refractivity contribution in [3.05, 3.63) is 0 Å². The molecule has 0 heterocycles. The first-order valence-corrected chi connectivity index (χ1v) is 6.12. The fourth-order valence-corrected chi connectivity index (χ4v) is 0.809. The van der Waals surface area contributed by atoms with E-state index in [0.29, 0.717) is 26.4 Å². The van der Waals surface area contributed by atoms with Gasteiger partial charge in [0.1, 0.15) is 0 Å². The Bertz CT molecular complexity index is 113. The van der Waals surface area contributed by atoms with E-state index in [1.165, 1.54) is 0 Å². The normalized spacial score (nSPS) is 11.8. The fourth-order valence-electron chi connectivity index (χ4n) is 0.809. The SMILES string of the molecule is CCCCOCC(C)O.COCCOCCO. The largest absolute Gasteiger partial charge is 0.394 e. The van der Waals surface area contributed by atoms with E-state index in [9.17, 15) is 0 Å². The van der Waals surface area contributed by atoms with Gasteiger partial charge in [-0.3, -0.25) is 0 Å². The predicted molar refractivity (Wildman–Crippen MR) is 67.2 cm³/mol. The molecule has 17 heavy (non-hydrogen) atoms. The van der Waals surface area contributed by atoms with Crippen molar-refractivity contribution in [2.24, 2.45) is 0 Å². The molecule has 0 radical (unpaired) electrons. The molecule has 0 saturated heterocycles. The lowest BCUT2D eigenvalue weighted by Crippen LogP contribution is -2.10. The molecule has 1 unspecified atom stereocenters. The smallest absolute Gasteiger partial charge is 0.0745 e. The maximum atomic E-state index is 8.73. The average molecular weight is 252 g/mol. The van der Waals surface area contributed by atoms with E-state index in [-0.39, 0.29) is 12.7 Å². The topological polar surface area (TPSA) is 68.2 Å². The second-order valence-corrected chi connectivity index (χ2v) is 3.61. The van der Waals surface area contributed by atoms with Crippen molar-refractivity contribution in [2.45, 2.75) is 32.8 Å². The first-order valence-electron chi connectivity index (χ1n) is 6.12. The molecule has 0 aromatic carbocycles. The Kier molecular flexibility index (Phi) is 20.5. The van der Waals surface area contributed by atoms with Crippen molar-refractivity contribution < 1.29 is 24.4 Å². The first kappa shape index (κ1) is 19.1. The van der Waals surface area contributed by atoms with E-state index in [4.69, 9.17) is 19.7 Å². The number of hydrogen-bond acceptors (Lipinski definition) is 5. The summed E-state index contributed by atoms with van der Waals surface area (Å²) in [7, 11) is 1.61. The summed E-state index contributed by atoms with van der Waals surface area (Å²) < 4.78 is 14.6. The molecule has 0 aliphatic rings. The molecule has 1 atom stereocenters. The zero-order valence-corrected chi connectivity index (χ0v) is 11.4. The average Bonchev–Trinajstić information content (AvgIpc) is 2.31. The van der Waals surface area contributed by atoms with E-state index >= 15 is 0 Å². The van der Waals surface area contributed by atoms with Gasteiger partial charge in [0.15, 0.2) is 0 Å². The zero-order chi connectivity index (χ0) is 13.4. The summed E-state index contributed by atoms with van der Waals surface area (Å²) in [5, 5.41) is 16.9. The van der Waals surface area contributed by atoms with Crippen molar-refractivity contribution in [3.63, 3.8) is 0 Å². The molecule has 0 bridgehead atoms. The Balaban J connectivity index is 0. The third-order valence-electron chi connectivity index (χ3n) is 1.67. The van der Waals surface area contributed by atoms with Crippen molar-refractivity contribution in [3.8, 4) is 0 Å². The van der Waals surface area contributed by atoms with Crippen LogP contribution in [0.4, 0.5) is 0 Å². The van der Waals surface area contributed by atoms with Gasteiger partial charge in [-0.2, -0.15) is 0 Å². The summed E-state index contributed by atoms with van der Waals surface area (Å²) in [6.45, 7) is 6.75. The van der Waals surface area contributed by atoms with Gasteiger partial charge in [0, 0.05) is 13.7 Å². The highest BCUT2D eigenvalue weighted by Gasteiger charge is 1.92. The van der Waals surface area contributed by atoms with Crippen LogP contribution in [0.1, 0.15) is 26.7 Å². The second-order valence-electron chi connectivity index (χ2n) is 3.61. The van der Waals surface area contributed by atoms with Crippen LogP contribution in [-0.4, -0.2) is 63.1 Å². The highest BCUT2D eigenvalue weighted by Crippen LogP contribution is 1.89.